The first kappa shape index (κ1) is 13.1. The van der Waals surface area contributed by atoms with E-state index in [1.165, 1.54) is 0 Å². The van der Waals surface area contributed by atoms with E-state index in [4.69, 9.17) is 4.74 Å². The Morgan fingerprint density at radius 2 is 2.22 bits per heavy atom. The van der Waals surface area contributed by atoms with Gasteiger partial charge in [0.25, 0.3) is 0 Å². The second kappa shape index (κ2) is 6.52. The summed E-state index contributed by atoms with van der Waals surface area (Å²) in [7, 11) is 0. The van der Waals surface area contributed by atoms with Crippen molar-refractivity contribution in [3.8, 4) is 0 Å². The minimum absolute atomic E-state index is 0.0559. The number of likely N-dealkylation sites (N-methyl/N-ethyl adjacent to an activating group) is 1. The number of hydrogen-bond acceptors (Lipinski definition) is 3. The van der Waals surface area contributed by atoms with E-state index in [1.807, 2.05) is 30.3 Å². The van der Waals surface area contributed by atoms with Gasteiger partial charge in [0.15, 0.2) is 0 Å². The SMILES string of the molecule is CCN1CCOC[C@@H]1C(=O)NCc1ccccc1. The van der Waals surface area contributed by atoms with Gasteiger partial charge in [-0.1, -0.05) is 37.3 Å². The van der Waals surface area contributed by atoms with Gasteiger partial charge in [-0.05, 0) is 12.1 Å². The van der Waals surface area contributed by atoms with Crippen molar-refractivity contribution in [3.05, 3.63) is 35.9 Å². The lowest BCUT2D eigenvalue weighted by molar-refractivity contribution is -0.132. The largest absolute Gasteiger partial charge is 0.378 e. The highest BCUT2D eigenvalue weighted by Gasteiger charge is 2.27. The predicted octanol–water partition coefficient (Wildman–Crippen LogP) is 1.02. The molecule has 0 bridgehead atoms. The topological polar surface area (TPSA) is 41.6 Å². The molecule has 1 N–H and O–H groups in total. The Kier molecular flexibility index (Phi) is 4.73. The van der Waals surface area contributed by atoms with Gasteiger partial charge in [0, 0.05) is 13.1 Å². The average molecular weight is 248 g/mol. The zero-order valence-electron chi connectivity index (χ0n) is 10.8. The van der Waals surface area contributed by atoms with Gasteiger partial charge < -0.3 is 10.1 Å². The maximum Gasteiger partial charge on any atom is 0.240 e. The molecule has 1 atom stereocenters. The Morgan fingerprint density at radius 1 is 1.44 bits per heavy atom. The molecule has 0 saturated carbocycles. The molecule has 0 aromatic heterocycles. The average Bonchev–Trinajstić information content (AvgIpc) is 2.45. The number of hydrogen-bond donors (Lipinski definition) is 1. The van der Waals surface area contributed by atoms with Gasteiger partial charge >= 0.3 is 0 Å². The summed E-state index contributed by atoms with van der Waals surface area (Å²) in [6.45, 7) is 5.58. The summed E-state index contributed by atoms with van der Waals surface area (Å²) in [5.74, 6) is 0.0559. The second-order valence-electron chi connectivity index (χ2n) is 4.42. The van der Waals surface area contributed by atoms with Crippen molar-refractivity contribution in [2.24, 2.45) is 0 Å². The number of nitrogens with one attached hydrogen (secondary N) is 1. The summed E-state index contributed by atoms with van der Waals surface area (Å²) in [5.41, 5.74) is 1.12. The lowest BCUT2D eigenvalue weighted by atomic mass is 10.2. The van der Waals surface area contributed by atoms with Crippen LogP contribution in [-0.4, -0.2) is 43.2 Å². The third kappa shape index (κ3) is 3.31. The molecule has 0 radical (unpaired) electrons. The van der Waals surface area contributed by atoms with E-state index in [1.54, 1.807) is 0 Å². The zero-order chi connectivity index (χ0) is 12.8. The molecule has 1 amide bonds. The quantitative estimate of drug-likeness (QED) is 0.865. The normalized spacial score (nSPS) is 20.6. The lowest BCUT2D eigenvalue weighted by Gasteiger charge is -2.33. The monoisotopic (exact) mass is 248 g/mol. The summed E-state index contributed by atoms with van der Waals surface area (Å²) >= 11 is 0. The number of benzene rings is 1. The van der Waals surface area contributed by atoms with Crippen LogP contribution in [0.15, 0.2) is 30.3 Å². The van der Waals surface area contributed by atoms with Gasteiger partial charge in [0.1, 0.15) is 6.04 Å². The Bertz CT molecular complexity index is 381. The fourth-order valence-corrected chi connectivity index (χ4v) is 2.16. The summed E-state index contributed by atoms with van der Waals surface area (Å²) < 4.78 is 5.38. The third-order valence-electron chi connectivity index (χ3n) is 3.26. The second-order valence-corrected chi connectivity index (χ2v) is 4.42. The smallest absolute Gasteiger partial charge is 0.240 e. The zero-order valence-corrected chi connectivity index (χ0v) is 10.8. The molecule has 4 heteroatoms. The third-order valence-corrected chi connectivity index (χ3v) is 3.26. The summed E-state index contributed by atoms with van der Waals surface area (Å²) in [4.78, 5) is 14.3. The van der Waals surface area contributed by atoms with Crippen LogP contribution in [0.25, 0.3) is 0 Å². The first-order valence-electron chi connectivity index (χ1n) is 6.44. The van der Waals surface area contributed by atoms with Crippen molar-refractivity contribution >= 4 is 5.91 Å². The van der Waals surface area contributed by atoms with Crippen LogP contribution in [0, 0.1) is 0 Å². The van der Waals surface area contributed by atoms with Gasteiger partial charge in [-0.25, -0.2) is 0 Å². The molecule has 2 rings (SSSR count). The summed E-state index contributed by atoms with van der Waals surface area (Å²) in [5, 5.41) is 2.97. The van der Waals surface area contributed by atoms with E-state index < -0.39 is 0 Å². The molecule has 1 saturated heterocycles. The molecule has 0 aliphatic carbocycles. The van der Waals surface area contributed by atoms with Crippen LogP contribution in [0.2, 0.25) is 0 Å². The first-order valence-corrected chi connectivity index (χ1v) is 6.44. The van der Waals surface area contributed by atoms with Crippen molar-refractivity contribution in [2.75, 3.05) is 26.3 Å². The molecule has 0 unspecified atom stereocenters. The van der Waals surface area contributed by atoms with Gasteiger partial charge in [-0.2, -0.15) is 0 Å². The fourth-order valence-electron chi connectivity index (χ4n) is 2.16. The van der Waals surface area contributed by atoms with Crippen LogP contribution in [0.4, 0.5) is 0 Å². The molecule has 18 heavy (non-hydrogen) atoms. The Hall–Kier alpha value is -1.39. The van der Waals surface area contributed by atoms with E-state index in [-0.39, 0.29) is 11.9 Å². The van der Waals surface area contributed by atoms with Crippen LogP contribution in [0.1, 0.15) is 12.5 Å². The van der Waals surface area contributed by atoms with Gasteiger partial charge in [0.05, 0.1) is 13.2 Å². The Morgan fingerprint density at radius 3 is 2.94 bits per heavy atom. The van der Waals surface area contributed by atoms with Crippen LogP contribution in [-0.2, 0) is 16.1 Å². The summed E-state index contributed by atoms with van der Waals surface area (Å²) in [6, 6.07) is 9.80. The highest BCUT2D eigenvalue weighted by molar-refractivity contribution is 5.82. The van der Waals surface area contributed by atoms with Gasteiger partial charge in [-0.3, -0.25) is 9.69 Å². The molecule has 1 aliphatic heterocycles. The number of ether oxygens (including phenoxy) is 1. The molecule has 1 aromatic carbocycles. The number of carbonyl (C=O) groups excluding carboxylic acids is 1. The maximum absolute atomic E-state index is 12.1. The molecule has 1 aromatic rings. The van der Waals surface area contributed by atoms with E-state index in [0.717, 1.165) is 25.3 Å². The fraction of sp³-hybridized carbons (Fsp3) is 0.500. The number of morpholine rings is 1. The molecule has 0 spiro atoms. The number of nitrogens with zero attached hydrogens (tertiary/aromatic N) is 1. The first-order chi connectivity index (χ1) is 8.81. The van der Waals surface area contributed by atoms with Crippen molar-refractivity contribution in [2.45, 2.75) is 19.5 Å². The lowest BCUT2D eigenvalue weighted by Crippen LogP contribution is -2.53. The van der Waals surface area contributed by atoms with Crippen LogP contribution in [0.5, 0.6) is 0 Å². The molecular formula is C14H20N2O2. The van der Waals surface area contributed by atoms with Crippen molar-refractivity contribution in [1.29, 1.82) is 0 Å². The van der Waals surface area contributed by atoms with Crippen LogP contribution < -0.4 is 5.32 Å². The van der Waals surface area contributed by atoms with Crippen LogP contribution >= 0.6 is 0 Å². The van der Waals surface area contributed by atoms with Gasteiger partial charge in [0.2, 0.25) is 5.91 Å². The predicted molar refractivity (Wildman–Crippen MR) is 70.1 cm³/mol. The standard InChI is InChI=1S/C14H20N2O2/c1-2-16-8-9-18-11-13(16)14(17)15-10-12-6-4-3-5-7-12/h3-7,13H,2,8-11H2,1H3,(H,15,17)/t13-/m1/s1. The summed E-state index contributed by atoms with van der Waals surface area (Å²) in [6.07, 6.45) is 0. The van der Waals surface area contributed by atoms with Crippen LogP contribution in [0.3, 0.4) is 0 Å². The molecule has 4 nitrogen and oxygen atoms in total. The molecule has 98 valence electrons. The highest BCUT2D eigenvalue weighted by atomic mass is 16.5. The van der Waals surface area contributed by atoms with E-state index >= 15 is 0 Å². The Balaban J connectivity index is 1.87. The minimum atomic E-state index is -0.146. The van der Waals surface area contributed by atoms with E-state index in [9.17, 15) is 4.79 Å². The van der Waals surface area contributed by atoms with Crippen molar-refractivity contribution < 1.29 is 9.53 Å². The molecule has 1 aliphatic rings. The molecule has 1 fully saturated rings. The van der Waals surface area contributed by atoms with E-state index in [2.05, 4.69) is 17.1 Å². The number of amides is 1. The Labute approximate surface area is 108 Å². The van der Waals surface area contributed by atoms with Crippen molar-refractivity contribution in [3.63, 3.8) is 0 Å². The number of rotatable bonds is 4. The van der Waals surface area contributed by atoms with Crippen molar-refractivity contribution in [1.82, 2.24) is 10.2 Å². The maximum atomic E-state index is 12.1. The van der Waals surface area contributed by atoms with Gasteiger partial charge in [-0.15, -0.1) is 0 Å². The highest BCUT2D eigenvalue weighted by Crippen LogP contribution is 2.07. The number of carbonyl (C=O) groups is 1. The van der Waals surface area contributed by atoms with E-state index in [0.29, 0.717) is 13.2 Å². The minimum Gasteiger partial charge on any atom is -0.378 e. The molecular weight excluding hydrogens is 228 g/mol. The molecule has 1 heterocycles.